The Morgan fingerprint density at radius 1 is 0.210 bits per heavy atom. The monoisotopic (exact) mass is 1540 g/mol. The van der Waals surface area contributed by atoms with Crippen molar-refractivity contribution in [3.63, 3.8) is 0 Å². The topological polar surface area (TPSA) is 0 Å². The van der Waals surface area contributed by atoms with Crippen molar-refractivity contribution in [2.45, 2.75) is 316 Å². The quantitative estimate of drug-likeness (QED) is 0.0155. The number of hydrogen-bond donors (Lipinski definition) is 0. The van der Waals surface area contributed by atoms with Crippen LogP contribution in [0.4, 0.5) is 0 Å². The van der Waals surface area contributed by atoms with Crippen molar-refractivity contribution >= 4 is 96.0 Å². The maximum absolute atomic E-state index is 2.53. The molecule has 0 unspecified atom stereocenters. The van der Waals surface area contributed by atoms with Gasteiger partial charge in [-0.3, -0.25) is 0 Å². The second kappa shape index (κ2) is 57.2. The molecule has 0 saturated carbocycles. The van der Waals surface area contributed by atoms with Crippen LogP contribution in [0.3, 0.4) is 0 Å². The largest absolute Gasteiger partial charge is 2.00 e. The second-order valence-corrected chi connectivity index (χ2v) is 39.4. The number of hydrogen-bond acceptors (Lipinski definition) is 0. The summed E-state index contributed by atoms with van der Waals surface area (Å²) < 4.78 is 0. The standard InChI is InChI=1S/4C23H36P.2ClH.2Ti/c4*1-5-7-9-11-15-24(16-12-10-8-6-2)21-17-22-19(3)13-14-20(4)23(22)18-21;;;;/h4*13-14,17-18H,5-12,15-16H2,1-4H3;2*1H;;/q4*-1;;;2*+2/p-2. The minimum atomic E-state index is 0. The maximum atomic E-state index is 2.53. The molecular formula is C92H144Cl2P4Ti2-2. The molecule has 8 aromatic carbocycles. The van der Waals surface area contributed by atoms with Crippen molar-refractivity contribution in [3.05, 3.63) is 142 Å². The molecule has 0 aliphatic rings. The van der Waals surface area contributed by atoms with E-state index in [0.717, 1.165) is 0 Å². The third-order valence-electron chi connectivity index (χ3n) is 20.9. The van der Waals surface area contributed by atoms with Crippen LogP contribution >= 0.6 is 31.7 Å². The first-order chi connectivity index (χ1) is 46.7. The fourth-order valence-corrected chi connectivity index (χ4v) is 24.6. The van der Waals surface area contributed by atoms with Crippen LogP contribution in [0.1, 0.15) is 305 Å². The second-order valence-electron chi connectivity index (χ2n) is 29.4. The molecule has 0 N–H and O–H groups in total. The van der Waals surface area contributed by atoms with E-state index >= 15 is 0 Å². The van der Waals surface area contributed by atoms with Gasteiger partial charge in [0.25, 0.3) is 0 Å². The summed E-state index contributed by atoms with van der Waals surface area (Å²) in [5.41, 5.74) is 11.5. The summed E-state index contributed by atoms with van der Waals surface area (Å²) >= 11 is 0. The van der Waals surface area contributed by atoms with E-state index in [1.165, 1.54) is 342 Å². The summed E-state index contributed by atoms with van der Waals surface area (Å²) in [6, 6.07) is 38.5. The Labute approximate surface area is 665 Å². The first-order valence-electron chi connectivity index (χ1n) is 40.3. The summed E-state index contributed by atoms with van der Waals surface area (Å²) in [6.07, 6.45) is 56.2. The predicted octanol–water partition coefficient (Wildman–Crippen LogP) is 23.8. The minimum Gasteiger partial charge on any atom is -1.00 e. The van der Waals surface area contributed by atoms with E-state index in [-0.39, 0.29) is 99.9 Å². The number of unbranched alkanes of at least 4 members (excludes halogenated alkanes) is 24. The zero-order valence-corrected chi connectivity index (χ0v) is 75.3. The van der Waals surface area contributed by atoms with Crippen LogP contribution in [0.25, 0.3) is 43.1 Å². The average Bonchev–Trinajstić information content (AvgIpc) is 1.68. The Kier molecular flexibility index (Phi) is 55.5. The third-order valence-corrected chi connectivity index (χ3v) is 31.7. The van der Waals surface area contributed by atoms with Gasteiger partial charge in [0.1, 0.15) is 0 Å². The molecule has 8 rings (SSSR count). The number of halogens is 2. The van der Waals surface area contributed by atoms with Gasteiger partial charge in [-0.25, -0.2) is 0 Å². The van der Waals surface area contributed by atoms with Gasteiger partial charge in [0, 0.05) is 0 Å². The number of fused-ring (bicyclic) bond motifs is 4. The van der Waals surface area contributed by atoms with Crippen molar-refractivity contribution in [3.8, 4) is 0 Å². The van der Waals surface area contributed by atoms with Gasteiger partial charge in [0.05, 0.1) is 0 Å². The molecule has 8 heteroatoms. The number of benzene rings is 4. The summed E-state index contributed by atoms with van der Waals surface area (Å²) in [5.74, 6) is 0. The number of aryl methyl sites for hydroxylation is 8. The summed E-state index contributed by atoms with van der Waals surface area (Å²) in [7, 11) is 0.158. The molecule has 0 spiro atoms. The first-order valence-corrected chi connectivity index (χ1v) is 47.2. The van der Waals surface area contributed by atoms with E-state index in [4.69, 9.17) is 0 Å². The van der Waals surface area contributed by atoms with Gasteiger partial charge < -0.3 is 24.8 Å². The smallest absolute Gasteiger partial charge is 1.00 e. The van der Waals surface area contributed by atoms with E-state index in [0.29, 0.717) is 0 Å². The third kappa shape index (κ3) is 33.7. The molecule has 0 radical (unpaired) electrons. The molecule has 0 aliphatic carbocycles. The molecule has 0 bridgehead atoms. The van der Waals surface area contributed by atoms with Gasteiger partial charge in [0.2, 0.25) is 0 Å². The average molecular weight is 1540 g/mol. The van der Waals surface area contributed by atoms with E-state index in [1.807, 2.05) is 0 Å². The molecule has 0 saturated heterocycles. The van der Waals surface area contributed by atoms with Crippen LogP contribution in [-0.2, 0) is 43.4 Å². The minimum absolute atomic E-state index is 0. The van der Waals surface area contributed by atoms with Gasteiger partial charge in [-0.1, -0.05) is 315 Å². The van der Waals surface area contributed by atoms with Crippen LogP contribution in [-0.4, -0.2) is 49.3 Å². The van der Waals surface area contributed by atoms with Crippen LogP contribution in [0.5, 0.6) is 0 Å². The zero-order valence-electron chi connectivity index (χ0n) is 67.1. The van der Waals surface area contributed by atoms with Gasteiger partial charge in [-0.05, 0) is 128 Å². The van der Waals surface area contributed by atoms with Crippen molar-refractivity contribution in [2.24, 2.45) is 0 Å². The fourth-order valence-electron chi connectivity index (χ4n) is 14.3. The molecule has 0 aliphatic heterocycles. The van der Waals surface area contributed by atoms with Gasteiger partial charge in [-0.2, -0.15) is 24.3 Å². The molecule has 0 atom stereocenters. The Morgan fingerprint density at radius 3 is 0.480 bits per heavy atom. The van der Waals surface area contributed by atoms with Crippen molar-refractivity contribution in [2.75, 3.05) is 49.3 Å². The Hall–Kier alpha value is -0.951. The first kappa shape index (κ1) is 97.1. The van der Waals surface area contributed by atoms with E-state index in [2.05, 4.69) is 208 Å². The summed E-state index contributed by atoms with van der Waals surface area (Å²) in [5, 5.41) is 18.7. The molecule has 0 fully saturated rings. The van der Waals surface area contributed by atoms with E-state index < -0.39 is 0 Å². The maximum Gasteiger partial charge on any atom is 2.00 e. The molecule has 0 aromatic heterocycles. The molecule has 8 aromatic rings. The molecule has 0 nitrogen and oxygen atoms in total. The molecule has 0 amide bonds. The van der Waals surface area contributed by atoms with E-state index in [1.54, 1.807) is 21.2 Å². The van der Waals surface area contributed by atoms with Crippen molar-refractivity contribution in [1.82, 2.24) is 0 Å². The van der Waals surface area contributed by atoms with Crippen LogP contribution in [0, 0.1) is 55.4 Å². The summed E-state index contributed by atoms with van der Waals surface area (Å²) in [4.78, 5) is 0. The number of rotatable bonds is 44. The van der Waals surface area contributed by atoms with Crippen LogP contribution < -0.4 is 46.0 Å². The molecule has 0 heterocycles. The molecular weight excluding hydrogens is 1400 g/mol. The normalized spacial score (nSPS) is 11.2. The summed E-state index contributed by atoms with van der Waals surface area (Å²) in [6.45, 7) is 36.6. The Bertz CT molecular complexity index is 2700. The Balaban J connectivity index is 0.000000658. The van der Waals surface area contributed by atoms with Gasteiger partial charge in [0.15, 0.2) is 0 Å². The van der Waals surface area contributed by atoms with Crippen molar-refractivity contribution in [1.29, 1.82) is 0 Å². The Morgan fingerprint density at radius 2 is 0.350 bits per heavy atom. The van der Waals surface area contributed by atoms with Gasteiger partial charge in [-0.15, -0.1) is 135 Å². The SMILES string of the molecule is CCCCCCP(CCCCCC)c1cc2c(C)ccc(C)c2[cH-]1.CCCCCCP(CCCCCC)c1cc2c(C)ccc(C)c2[cH-]1.CCCCCCP(CCCCCC)c1cc2c(C)ccc(C)c2[cH-]1.CCCCCCP(CCCCCC)c1cc2c(C)ccc(C)c2[cH-]1.[Cl-].[Cl-].[Ti+2].[Ti+2]. The molecule has 556 valence electrons. The van der Waals surface area contributed by atoms with Crippen LogP contribution in [0.2, 0.25) is 0 Å². The van der Waals surface area contributed by atoms with Crippen LogP contribution in [0.15, 0.2) is 97.1 Å². The van der Waals surface area contributed by atoms with Crippen molar-refractivity contribution < 1.29 is 68.2 Å². The zero-order chi connectivity index (χ0) is 69.5. The van der Waals surface area contributed by atoms with E-state index in [9.17, 15) is 0 Å². The fraction of sp³-hybridized carbons (Fsp3) is 0.609. The predicted molar refractivity (Wildman–Crippen MR) is 454 cm³/mol. The molecule has 100 heavy (non-hydrogen) atoms. The van der Waals surface area contributed by atoms with Gasteiger partial charge >= 0.3 is 43.4 Å².